The van der Waals surface area contributed by atoms with Crippen LogP contribution in [0.5, 0.6) is 0 Å². The van der Waals surface area contributed by atoms with Crippen LogP contribution in [0, 0.1) is 6.92 Å². The predicted octanol–water partition coefficient (Wildman–Crippen LogP) is 4.71. The zero-order valence-corrected chi connectivity index (χ0v) is 21.4. The highest BCUT2D eigenvalue weighted by molar-refractivity contribution is 5.95. The average molecular weight is 474 g/mol. The van der Waals surface area contributed by atoms with E-state index in [9.17, 15) is 4.79 Å². The third kappa shape index (κ3) is 5.27. The van der Waals surface area contributed by atoms with Gasteiger partial charge < -0.3 is 5.32 Å². The Hall–Kier alpha value is -3.52. The number of carbonyl (C=O) groups is 1. The molecule has 1 aliphatic heterocycles. The van der Waals surface area contributed by atoms with Gasteiger partial charge in [0.2, 0.25) is 6.41 Å². The number of likely N-dealkylation sites (tertiary alicyclic amines) is 1. The van der Waals surface area contributed by atoms with Gasteiger partial charge in [-0.1, -0.05) is 23.8 Å². The van der Waals surface area contributed by atoms with Crippen molar-refractivity contribution in [1.82, 2.24) is 35.6 Å². The Morgan fingerprint density at radius 3 is 2.40 bits per heavy atom. The van der Waals surface area contributed by atoms with Crippen LogP contribution < -0.4 is 5.32 Å². The Kier molecular flexibility index (Phi) is 6.76. The van der Waals surface area contributed by atoms with Gasteiger partial charge in [0.05, 0.1) is 11.2 Å². The Labute approximate surface area is 206 Å². The molecule has 1 saturated heterocycles. The zero-order valence-electron chi connectivity index (χ0n) is 21.4. The summed E-state index contributed by atoms with van der Waals surface area (Å²) in [6.07, 6.45) is 4.37. The van der Waals surface area contributed by atoms with Crippen molar-refractivity contribution in [3.8, 4) is 22.6 Å². The number of benzene rings is 2. The van der Waals surface area contributed by atoms with Crippen molar-refractivity contribution in [3.63, 3.8) is 0 Å². The number of hydrogen-bond donors (Lipinski definition) is 3. The van der Waals surface area contributed by atoms with Gasteiger partial charge in [-0.25, -0.2) is 4.98 Å². The fourth-order valence-electron chi connectivity index (χ4n) is 5.10. The molecule has 3 N–H and O–H groups in total. The summed E-state index contributed by atoms with van der Waals surface area (Å²) in [5.41, 5.74) is 5.59. The summed E-state index contributed by atoms with van der Waals surface area (Å²) in [5, 5.41) is 18.3. The van der Waals surface area contributed by atoms with Crippen molar-refractivity contribution < 1.29 is 4.79 Å². The number of piperidine rings is 1. The Morgan fingerprint density at radius 1 is 1.03 bits per heavy atom. The topological polar surface area (TPSA) is 103 Å². The molecule has 0 unspecified atom stereocenters. The summed E-state index contributed by atoms with van der Waals surface area (Å²) in [6.45, 7) is 11.0. The van der Waals surface area contributed by atoms with Crippen LogP contribution in [-0.2, 0) is 4.79 Å². The SMILES string of the molecule is CN1C(C)(C)CC(NC=O)CC1(C)C.Cc1cccc(-c2n[nH]c3ccc(-c4ncn[nH]4)cc23)c1. The van der Waals surface area contributed by atoms with Crippen molar-refractivity contribution in [3.05, 3.63) is 54.4 Å². The number of nitrogens with one attached hydrogen (secondary N) is 3. The fraction of sp³-hybridized carbons (Fsp3) is 0.407. The van der Waals surface area contributed by atoms with Gasteiger partial charge in [-0.05, 0) is 78.8 Å². The molecule has 0 saturated carbocycles. The molecule has 8 nitrogen and oxygen atoms in total. The summed E-state index contributed by atoms with van der Waals surface area (Å²) < 4.78 is 0. The van der Waals surface area contributed by atoms with E-state index in [0.29, 0.717) is 6.04 Å². The van der Waals surface area contributed by atoms with Crippen molar-refractivity contribution in [2.24, 2.45) is 0 Å². The number of amides is 1. The molecule has 1 aliphatic rings. The van der Waals surface area contributed by atoms with Crippen LogP contribution in [0.15, 0.2) is 48.8 Å². The minimum Gasteiger partial charge on any atom is -0.356 e. The first-order valence-corrected chi connectivity index (χ1v) is 12.0. The Balaban J connectivity index is 0.000000181. The molecule has 3 heterocycles. The maximum Gasteiger partial charge on any atom is 0.207 e. The van der Waals surface area contributed by atoms with Gasteiger partial charge in [-0.15, -0.1) is 0 Å². The van der Waals surface area contributed by atoms with Gasteiger partial charge in [0, 0.05) is 33.6 Å². The monoisotopic (exact) mass is 473 g/mol. The van der Waals surface area contributed by atoms with Crippen LogP contribution in [0.2, 0.25) is 0 Å². The van der Waals surface area contributed by atoms with Crippen LogP contribution in [0.25, 0.3) is 33.5 Å². The Bertz CT molecular complexity index is 1270. The van der Waals surface area contributed by atoms with E-state index in [-0.39, 0.29) is 11.1 Å². The lowest BCUT2D eigenvalue weighted by Crippen LogP contribution is -2.62. The second kappa shape index (κ2) is 9.62. The van der Waals surface area contributed by atoms with E-state index >= 15 is 0 Å². The number of rotatable bonds is 4. The Morgan fingerprint density at radius 2 is 1.77 bits per heavy atom. The molecule has 184 valence electrons. The number of hydrogen-bond acceptors (Lipinski definition) is 5. The van der Waals surface area contributed by atoms with Crippen LogP contribution in [0.4, 0.5) is 0 Å². The second-order valence-electron chi connectivity index (χ2n) is 10.6. The molecule has 0 radical (unpaired) electrons. The minimum absolute atomic E-state index is 0.155. The van der Waals surface area contributed by atoms with E-state index in [4.69, 9.17) is 0 Å². The van der Waals surface area contributed by atoms with E-state index < -0.39 is 0 Å². The standard InChI is InChI=1S/C16H13N5.C11H22N2O/c1-10-3-2-4-11(7-10)15-13-8-12(16-17-9-18-21-16)5-6-14(13)19-20-15;1-10(2)6-9(12-8-14)7-11(3,4)13(10)5/h2-9H,1H3,(H,19,20)(H,17,18,21);8-9H,6-7H2,1-5H3,(H,12,14). The molecular weight excluding hydrogens is 438 g/mol. The van der Waals surface area contributed by atoms with E-state index in [0.717, 1.165) is 52.8 Å². The maximum absolute atomic E-state index is 10.5. The normalized spacial score (nSPS) is 17.5. The molecule has 0 bridgehead atoms. The quantitative estimate of drug-likeness (QED) is 0.373. The lowest BCUT2D eigenvalue weighted by Gasteiger charge is -2.53. The van der Waals surface area contributed by atoms with E-state index in [2.05, 4.69) is 102 Å². The van der Waals surface area contributed by atoms with Crippen molar-refractivity contribution in [2.45, 2.75) is 64.6 Å². The van der Waals surface area contributed by atoms with E-state index in [1.807, 2.05) is 18.2 Å². The highest BCUT2D eigenvalue weighted by Crippen LogP contribution is 2.36. The largest absolute Gasteiger partial charge is 0.356 e. The number of H-pyrrole nitrogens is 2. The fourth-order valence-corrected chi connectivity index (χ4v) is 5.10. The summed E-state index contributed by atoms with van der Waals surface area (Å²) in [6, 6.07) is 14.7. The van der Waals surface area contributed by atoms with Crippen molar-refractivity contribution in [1.29, 1.82) is 0 Å². The summed E-state index contributed by atoms with van der Waals surface area (Å²) in [5.74, 6) is 0.758. The molecule has 4 aromatic rings. The van der Waals surface area contributed by atoms with Crippen molar-refractivity contribution in [2.75, 3.05) is 7.05 Å². The van der Waals surface area contributed by atoms with Gasteiger partial charge in [0.1, 0.15) is 6.33 Å². The first kappa shape index (κ1) is 24.6. The lowest BCUT2D eigenvalue weighted by atomic mass is 9.77. The second-order valence-corrected chi connectivity index (χ2v) is 10.6. The average Bonchev–Trinajstić information content (AvgIpc) is 3.47. The number of aromatic amines is 2. The summed E-state index contributed by atoms with van der Waals surface area (Å²) in [7, 11) is 2.16. The number of aromatic nitrogens is 5. The predicted molar refractivity (Wildman–Crippen MR) is 140 cm³/mol. The first-order chi connectivity index (χ1) is 16.6. The number of aryl methyl sites for hydroxylation is 1. The maximum atomic E-state index is 10.5. The van der Waals surface area contributed by atoms with Gasteiger partial charge >= 0.3 is 0 Å². The van der Waals surface area contributed by atoms with E-state index in [1.165, 1.54) is 11.9 Å². The van der Waals surface area contributed by atoms with Crippen LogP contribution in [0.1, 0.15) is 46.1 Å². The molecule has 2 aromatic carbocycles. The van der Waals surface area contributed by atoms with Crippen LogP contribution >= 0.6 is 0 Å². The van der Waals surface area contributed by atoms with Gasteiger partial charge in [-0.2, -0.15) is 10.2 Å². The highest BCUT2D eigenvalue weighted by atomic mass is 16.1. The molecule has 1 fully saturated rings. The van der Waals surface area contributed by atoms with Crippen LogP contribution in [-0.4, -0.2) is 60.9 Å². The summed E-state index contributed by atoms with van der Waals surface area (Å²) >= 11 is 0. The van der Waals surface area contributed by atoms with Crippen molar-refractivity contribution >= 4 is 17.3 Å². The molecule has 8 heteroatoms. The number of carbonyl (C=O) groups excluding carboxylic acids is 1. The number of nitrogens with zero attached hydrogens (tertiary/aromatic N) is 4. The highest BCUT2D eigenvalue weighted by Gasteiger charge is 2.42. The molecule has 0 aliphatic carbocycles. The molecule has 35 heavy (non-hydrogen) atoms. The molecule has 0 spiro atoms. The summed E-state index contributed by atoms with van der Waals surface area (Å²) in [4.78, 5) is 17.1. The first-order valence-electron chi connectivity index (χ1n) is 12.0. The molecule has 5 rings (SSSR count). The third-order valence-electron chi connectivity index (χ3n) is 7.15. The smallest absolute Gasteiger partial charge is 0.207 e. The minimum atomic E-state index is 0.155. The molecule has 2 aromatic heterocycles. The van der Waals surface area contributed by atoms with E-state index in [1.54, 1.807) is 0 Å². The van der Waals surface area contributed by atoms with Gasteiger partial charge in [-0.3, -0.25) is 19.9 Å². The number of fused-ring (bicyclic) bond motifs is 1. The third-order valence-corrected chi connectivity index (χ3v) is 7.15. The lowest BCUT2D eigenvalue weighted by molar-refractivity contribution is -0.111. The molecule has 0 atom stereocenters. The molecule has 1 amide bonds. The van der Waals surface area contributed by atoms with Gasteiger partial charge in [0.15, 0.2) is 5.82 Å². The van der Waals surface area contributed by atoms with Gasteiger partial charge in [0.25, 0.3) is 0 Å². The molecular formula is C27H35N7O. The van der Waals surface area contributed by atoms with Crippen LogP contribution in [0.3, 0.4) is 0 Å². The zero-order chi connectivity index (χ0) is 25.2.